The fourth-order valence-corrected chi connectivity index (χ4v) is 4.54. The fourth-order valence-electron chi connectivity index (χ4n) is 4.54. The van der Waals surface area contributed by atoms with E-state index >= 15 is 0 Å². The lowest BCUT2D eigenvalue weighted by Gasteiger charge is -2.42. The van der Waals surface area contributed by atoms with E-state index in [0.717, 1.165) is 24.5 Å². The van der Waals surface area contributed by atoms with Crippen molar-refractivity contribution in [3.8, 4) is 0 Å². The predicted molar refractivity (Wildman–Crippen MR) is 107 cm³/mol. The van der Waals surface area contributed by atoms with E-state index in [2.05, 4.69) is 29.8 Å². The maximum absolute atomic E-state index is 12.2. The SMILES string of the molecule is CC1=C(CC(=O)NCCO)C(=O)NC2CCNC(C)C12.CC1CCCCC1. The molecule has 154 valence electrons. The highest BCUT2D eigenvalue weighted by Gasteiger charge is 2.38. The molecule has 3 unspecified atom stereocenters. The summed E-state index contributed by atoms with van der Waals surface area (Å²) in [4.78, 5) is 23.9. The zero-order chi connectivity index (χ0) is 19.8. The van der Waals surface area contributed by atoms with Crippen molar-refractivity contribution < 1.29 is 14.7 Å². The van der Waals surface area contributed by atoms with Crippen LogP contribution in [0.15, 0.2) is 11.1 Å². The maximum atomic E-state index is 12.2. The number of hydrogen-bond acceptors (Lipinski definition) is 4. The van der Waals surface area contributed by atoms with E-state index in [-0.39, 0.29) is 43.3 Å². The van der Waals surface area contributed by atoms with Gasteiger partial charge in [0.25, 0.3) is 0 Å². The highest BCUT2D eigenvalue weighted by molar-refractivity contribution is 6.00. The van der Waals surface area contributed by atoms with E-state index < -0.39 is 0 Å². The van der Waals surface area contributed by atoms with Crippen LogP contribution in [0.25, 0.3) is 0 Å². The van der Waals surface area contributed by atoms with E-state index in [1.54, 1.807) is 0 Å². The van der Waals surface area contributed by atoms with Gasteiger partial charge in [-0.05, 0) is 32.7 Å². The van der Waals surface area contributed by atoms with Gasteiger partial charge in [-0.15, -0.1) is 0 Å². The van der Waals surface area contributed by atoms with Gasteiger partial charge in [-0.1, -0.05) is 44.6 Å². The third-order valence-corrected chi connectivity index (χ3v) is 6.13. The second-order valence-electron chi connectivity index (χ2n) is 8.29. The molecule has 0 radical (unpaired) electrons. The summed E-state index contributed by atoms with van der Waals surface area (Å²) in [5, 5.41) is 17.7. The maximum Gasteiger partial charge on any atom is 0.247 e. The average Bonchev–Trinajstić information content (AvgIpc) is 2.64. The van der Waals surface area contributed by atoms with Crippen molar-refractivity contribution >= 4 is 11.8 Å². The molecule has 3 rings (SSSR count). The minimum atomic E-state index is -0.224. The van der Waals surface area contributed by atoms with Crippen LogP contribution in [0.5, 0.6) is 0 Å². The largest absolute Gasteiger partial charge is 0.395 e. The number of aliphatic hydroxyl groups excluding tert-OH is 1. The average molecular weight is 380 g/mol. The van der Waals surface area contributed by atoms with Crippen LogP contribution >= 0.6 is 0 Å². The molecule has 1 saturated carbocycles. The first-order valence-electron chi connectivity index (χ1n) is 10.6. The van der Waals surface area contributed by atoms with Crippen molar-refractivity contribution in [3.05, 3.63) is 11.1 Å². The molecule has 2 heterocycles. The van der Waals surface area contributed by atoms with Gasteiger partial charge in [0.15, 0.2) is 0 Å². The number of nitrogens with one attached hydrogen (secondary N) is 3. The van der Waals surface area contributed by atoms with Crippen LogP contribution in [-0.2, 0) is 9.59 Å². The van der Waals surface area contributed by atoms with Crippen LogP contribution in [0.4, 0.5) is 0 Å². The normalized spacial score (nSPS) is 28.6. The number of carbonyl (C=O) groups is 2. The molecule has 0 aromatic rings. The van der Waals surface area contributed by atoms with Gasteiger partial charge in [0.1, 0.15) is 0 Å². The van der Waals surface area contributed by atoms with Crippen molar-refractivity contribution in [3.63, 3.8) is 0 Å². The molecule has 0 spiro atoms. The molecular formula is C21H37N3O3. The Kier molecular flexibility index (Phi) is 8.77. The van der Waals surface area contributed by atoms with Gasteiger partial charge in [-0.2, -0.15) is 0 Å². The van der Waals surface area contributed by atoms with Crippen LogP contribution in [0.2, 0.25) is 0 Å². The lowest BCUT2D eigenvalue weighted by Crippen LogP contribution is -2.57. The molecule has 2 fully saturated rings. The minimum absolute atomic E-state index is 0.0770. The van der Waals surface area contributed by atoms with E-state index in [4.69, 9.17) is 5.11 Å². The monoisotopic (exact) mass is 379 g/mol. The van der Waals surface area contributed by atoms with Crippen LogP contribution in [0, 0.1) is 11.8 Å². The van der Waals surface area contributed by atoms with Crippen LogP contribution in [-0.4, -0.2) is 48.7 Å². The van der Waals surface area contributed by atoms with Gasteiger partial charge in [0.2, 0.25) is 11.8 Å². The molecule has 6 heteroatoms. The number of aliphatic hydroxyl groups is 1. The van der Waals surface area contributed by atoms with Crippen molar-refractivity contribution in [2.24, 2.45) is 11.8 Å². The zero-order valence-corrected chi connectivity index (χ0v) is 17.1. The molecule has 0 aromatic carbocycles. The number of carbonyl (C=O) groups excluding carboxylic acids is 2. The number of fused-ring (bicyclic) bond motifs is 1. The van der Waals surface area contributed by atoms with Crippen molar-refractivity contribution in [1.29, 1.82) is 0 Å². The van der Waals surface area contributed by atoms with Gasteiger partial charge in [0.05, 0.1) is 13.0 Å². The fraction of sp³-hybridized carbons (Fsp3) is 0.810. The van der Waals surface area contributed by atoms with Crippen LogP contribution in [0.1, 0.15) is 65.7 Å². The predicted octanol–water partition coefficient (Wildman–Crippen LogP) is 1.88. The number of piperidine rings is 1. The summed E-state index contributed by atoms with van der Waals surface area (Å²) < 4.78 is 0. The molecule has 27 heavy (non-hydrogen) atoms. The smallest absolute Gasteiger partial charge is 0.247 e. The Bertz CT molecular complexity index is 541. The zero-order valence-electron chi connectivity index (χ0n) is 17.1. The Labute approximate surface area is 163 Å². The number of rotatable bonds is 4. The molecule has 0 aromatic heterocycles. The van der Waals surface area contributed by atoms with Gasteiger partial charge in [-0.25, -0.2) is 0 Å². The first-order chi connectivity index (χ1) is 12.9. The highest BCUT2D eigenvalue weighted by atomic mass is 16.3. The van der Waals surface area contributed by atoms with Crippen LogP contribution in [0.3, 0.4) is 0 Å². The third-order valence-electron chi connectivity index (χ3n) is 6.13. The highest BCUT2D eigenvalue weighted by Crippen LogP contribution is 2.31. The Morgan fingerprint density at radius 3 is 2.48 bits per heavy atom. The second-order valence-corrected chi connectivity index (χ2v) is 8.29. The number of amides is 2. The standard InChI is InChI=1S/C14H23N3O3.C7H14/c1-8-10(7-12(19)16-5-6-18)14(20)17-11-3-4-15-9(2)13(8)11;1-7-5-3-2-4-6-7/h9,11,13,15,18H,3-7H2,1-2H3,(H,16,19)(H,17,20);7H,2-6H2,1H3. The molecule has 1 aliphatic carbocycles. The van der Waals surface area contributed by atoms with Gasteiger partial charge >= 0.3 is 0 Å². The summed E-state index contributed by atoms with van der Waals surface area (Å²) in [7, 11) is 0. The van der Waals surface area contributed by atoms with E-state index in [0.29, 0.717) is 11.6 Å². The van der Waals surface area contributed by atoms with Gasteiger partial charge < -0.3 is 21.1 Å². The summed E-state index contributed by atoms with van der Waals surface area (Å²) in [6.07, 6.45) is 8.43. The topological polar surface area (TPSA) is 90.5 Å². The molecule has 2 amide bonds. The quantitative estimate of drug-likeness (QED) is 0.600. The molecule has 3 aliphatic rings. The van der Waals surface area contributed by atoms with Gasteiger partial charge in [-0.3, -0.25) is 9.59 Å². The second kappa shape index (κ2) is 10.8. The summed E-state index contributed by atoms with van der Waals surface area (Å²) >= 11 is 0. The Morgan fingerprint density at radius 1 is 1.19 bits per heavy atom. The Hall–Kier alpha value is -1.40. The summed E-state index contributed by atoms with van der Waals surface area (Å²) in [6.45, 7) is 7.45. The molecule has 0 bridgehead atoms. The molecular weight excluding hydrogens is 342 g/mol. The molecule has 4 N–H and O–H groups in total. The molecule has 2 aliphatic heterocycles. The summed E-state index contributed by atoms with van der Waals surface area (Å²) in [5.74, 6) is 0.936. The molecule has 3 atom stereocenters. The lowest BCUT2D eigenvalue weighted by atomic mass is 9.76. The van der Waals surface area contributed by atoms with E-state index in [1.165, 1.54) is 32.1 Å². The van der Waals surface area contributed by atoms with E-state index in [9.17, 15) is 9.59 Å². The van der Waals surface area contributed by atoms with Gasteiger partial charge in [0, 0.05) is 30.1 Å². The van der Waals surface area contributed by atoms with Crippen molar-refractivity contribution in [1.82, 2.24) is 16.0 Å². The summed E-state index contributed by atoms with van der Waals surface area (Å²) in [5.41, 5.74) is 1.58. The minimum Gasteiger partial charge on any atom is -0.395 e. The molecule has 1 saturated heterocycles. The lowest BCUT2D eigenvalue weighted by molar-refractivity contribution is -0.124. The first kappa shape index (κ1) is 21.9. The number of hydrogen-bond donors (Lipinski definition) is 4. The third kappa shape index (κ3) is 6.32. The summed E-state index contributed by atoms with van der Waals surface area (Å²) in [6, 6.07) is 0.466. The van der Waals surface area contributed by atoms with Crippen LogP contribution < -0.4 is 16.0 Å². The molecule has 6 nitrogen and oxygen atoms in total. The van der Waals surface area contributed by atoms with Crippen molar-refractivity contribution in [2.75, 3.05) is 19.7 Å². The van der Waals surface area contributed by atoms with E-state index in [1.807, 2.05) is 6.92 Å². The Morgan fingerprint density at radius 2 is 1.89 bits per heavy atom. The van der Waals surface area contributed by atoms with Crippen molar-refractivity contribution in [2.45, 2.75) is 77.8 Å². The first-order valence-corrected chi connectivity index (χ1v) is 10.6. The Balaban J connectivity index is 0.000000313.